The van der Waals surface area contributed by atoms with Crippen LogP contribution in [0, 0.1) is 22.7 Å². The van der Waals surface area contributed by atoms with Crippen molar-refractivity contribution in [3.63, 3.8) is 0 Å². The van der Waals surface area contributed by atoms with Crippen molar-refractivity contribution < 1.29 is 4.79 Å². The minimum Gasteiger partial charge on any atom is -0.294 e. The van der Waals surface area contributed by atoms with Crippen LogP contribution in [0.1, 0.15) is 81.1 Å². The Labute approximate surface area is 152 Å². The fourth-order valence-electron chi connectivity index (χ4n) is 5.88. The van der Waals surface area contributed by atoms with Gasteiger partial charge in [0.25, 0.3) is 0 Å². The molecule has 0 aromatic heterocycles. The number of benzene rings is 1. The lowest BCUT2D eigenvalue weighted by molar-refractivity contribution is 0.0424. The van der Waals surface area contributed by atoms with Crippen molar-refractivity contribution >= 4 is 5.78 Å². The van der Waals surface area contributed by atoms with Gasteiger partial charge in [-0.2, -0.15) is 0 Å². The third kappa shape index (κ3) is 2.90. The van der Waals surface area contributed by atoms with Gasteiger partial charge in [-0.3, -0.25) is 4.79 Å². The molecule has 1 heteroatoms. The predicted octanol–water partition coefficient (Wildman–Crippen LogP) is 6.37. The summed E-state index contributed by atoms with van der Waals surface area (Å²) in [6.07, 6.45) is 15.8. The van der Waals surface area contributed by atoms with Crippen LogP contribution in [0.5, 0.6) is 0 Å². The van der Waals surface area contributed by atoms with Crippen LogP contribution in [-0.2, 0) is 6.42 Å². The summed E-state index contributed by atoms with van der Waals surface area (Å²) >= 11 is 0. The lowest BCUT2D eigenvalue weighted by Crippen LogP contribution is -2.37. The van der Waals surface area contributed by atoms with Gasteiger partial charge >= 0.3 is 0 Å². The van der Waals surface area contributed by atoms with Crippen LogP contribution in [0.25, 0.3) is 0 Å². The topological polar surface area (TPSA) is 17.1 Å². The average Bonchev–Trinajstić information content (AvgIpc) is 2.94. The summed E-state index contributed by atoms with van der Waals surface area (Å²) in [7, 11) is 0. The molecule has 0 bridgehead atoms. The molecule has 0 spiro atoms. The fourth-order valence-corrected chi connectivity index (χ4v) is 5.88. The van der Waals surface area contributed by atoms with E-state index in [1.54, 1.807) is 0 Å². The van der Waals surface area contributed by atoms with Crippen LogP contribution in [0.2, 0.25) is 0 Å². The molecule has 0 N–H and O–H groups in total. The van der Waals surface area contributed by atoms with Gasteiger partial charge in [-0.1, -0.05) is 50.3 Å². The Balaban J connectivity index is 1.59. The van der Waals surface area contributed by atoms with Crippen molar-refractivity contribution in [2.45, 2.75) is 71.6 Å². The zero-order chi connectivity index (χ0) is 17.5. The lowest BCUT2D eigenvalue weighted by atomic mass is 9.58. The van der Waals surface area contributed by atoms with E-state index in [9.17, 15) is 4.79 Å². The summed E-state index contributed by atoms with van der Waals surface area (Å²) < 4.78 is 0. The van der Waals surface area contributed by atoms with Crippen LogP contribution in [0.3, 0.4) is 0 Å². The number of fused-ring (bicyclic) bond motifs is 2. The summed E-state index contributed by atoms with van der Waals surface area (Å²) in [4.78, 5) is 13.1. The molecule has 3 aliphatic carbocycles. The average molecular weight is 337 g/mol. The molecule has 4 rings (SSSR count). The number of carbonyl (C=O) groups is 1. The number of hydrogen-bond acceptors (Lipinski definition) is 1. The zero-order valence-corrected chi connectivity index (χ0v) is 15.9. The van der Waals surface area contributed by atoms with E-state index in [-0.39, 0.29) is 5.92 Å². The molecule has 25 heavy (non-hydrogen) atoms. The summed E-state index contributed by atoms with van der Waals surface area (Å²) in [5.41, 5.74) is 3.06. The maximum absolute atomic E-state index is 13.1. The molecular formula is C24H32O. The van der Waals surface area contributed by atoms with E-state index < -0.39 is 0 Å². The van der Waals surface area contributed by atoms with Crippen molar-refractivity contribution in [3.05, 3.63) is 47.5 Å². The SMILES string of the molecule is CC1(C2(C)CCC3Cc4ccccc4C(=O)C3CC2)CC=CCCC1. The Morgan fingerprint density at radius 3 is 2.64 bits per heavy atom. The van der Waals surface area contributed by atoms with E-state index in [4.69, 9.17) is 0 Å². The van der Waals surface area contributed by atoms with Gasteiger partial charge in [0.2, 0.25) is 0 Å². The van der Waals surface area contributed by atoms with E-state index in [1.165, 1.54) is 50.5 Å². The monoisotopic (exact) mass is 336 g/mol. The second-order valence-electron chi connectivity index (χ2n) is 9.36. The van der Waals surface area contributed by atoms with Crippen molar-refractivity contribution in [3.8, 4) is 0 Å². The van der Waals surface area contributed by atoms with Gasteiger partial charge in [-0.05, 0) is 80.1 Å². The van der Waals surface area contributed by atoms with E-state index in [0.717, 1.165) is 18.4 Å². The highest BCUT2D eigenvalue weighted by atomic mass is 16.1. The minimum absolute atomic E-state index is 0.265. The highest BCUT2D eigenvalue weighted by Crippen LogP contribution is 2.56. The molecule has 1 aromatic carbocycles. The van der Waals surface area contributed by atoms with Gasteiger partial charge in [0.05, 0.1) is 0 Å². The van der Waals surface area contributed by atoms with Crippen molar-refractivity contribution in [1.29, 1.82) is 0 Å². The molecule has 4 unspecified atom stereocenters. The minimum atomic E-state index is 0.265. The van der Waals surface area contributed by atoms with Gasteiger partial charge in [-0.25, -0.2) is 0 Å². The summed E-state index contributed by atoms with van der Waals surface area (Å²) in [5, 5.41) is 0. The normalized spacial score (nSPS) is 38.4. The Kier molecular flexibility index (Phi) is 4.38. The Bertz CT molecular complexity index is 687. The molecule has 1 aromatic rings. The number of rotatable bonds is 1. The van der Waals surface area contributed by atoms with Gasteiger partial charge in [0.15, 0.2) is 5.78 Å². The number of hydrogen-bond donors (Lipinski definition) is 0. The van der Waals surface area contributed by atoms with Crippen molar-refractivity contribution in [2.24, 2.45) is 22.7 Å². The van der Waals surface area contributed by atoms with E-state index in [2.05, 4.69) is 44.2 Å². The number of Topliss-reactive ketones (excluding diaryl/α,β-unsaturated/α-hetero) is 1. The first-order valence-corrected chi connectivity index (χ1v) is 10.3. The molecule has 134 valence electrons. The standard InChI is InChI=1S/C24H32O/c1-23(13-7-3-4-8-14-23)24(2)15-11-19-17-18-9-5-6-10-20(18)22(25)21(19)12-16-24/h3,5-7,9-10,19,21H,4,8,11-17H2,1-2H3. The van der Waals surface area contributed by atoms with Crippen molar-refractivity contribution in [1.82, 2.24) is 0 Å². The molecule has 0 aliphatic heterocycles. The van der Waals surface area contributed by atoms with E-state index >= 15 is 0 Å². The number of allylic oxidation sites excluding steroid dienone is 2. The van der Waals surface area contributed by atoms with Gasteiger partial charge in [-0.15, -0.1) is 0 Å². The highest BCUT2D eigenvalue weighted by Gasteiger charge is 2.47. The zero-order valence-electron chi connectivity index (χ0n) is 15.9. The number of ketones is 1. The highest BCUT2D eigenvalue weighted by molar-refractivity contribution is 6.00. The second-order valence-corrected chi connectivity index (χ2v) is 9.36. The molecule has 0 amide bonds. The third-order valence-corrected chi connectivity index (χ3v) is 8.04. The maximum Gasteiger partial charge on any atom is 0.166 e. The van der Waals surface area contributed by atoms with E-state index in [1.807, 2.05) is 6.07 Å². The summed E-state index contributed by atoms with van der Waals surface area (Å²) in [6, 6.07) is 8.34. The van der Waals surface area contributed by atoms with Gasteiger partial charge in [0, 0.05) is 11.5 Å². The van der Waals surface area contributed by atoms with E-state index in [0.29, 0.717) is 22.5 Å². The molecule has 0 heterocycles. The Morgan fingerprint density at radius 2 is 1.76 bits per heavy atom. The third-order valence-electron chi connectivity index (χ3n) is 8.04. The summed E-state index contributed by atoms with van der Waals surface area (Å²) in [6.45, 7) is 5.05. The van der Waals surface area contributed by atoms with Crippen LogP contribution >= 0.6 is 0 Å². The van der Waals surface area contributed by atoms with Crippen molar-refractivity contribution in [2.75, 3.05) is 0 Å². The van der Waals surface area contributed by atoms with Gasteiger partial charge in [0.1, 0.15) is 0 Å². The molecule has 1 fully saturated rings. The molecular weight excluding hydrogens is 304 g/mol. The molecule has 1 nitrogen and oxygen atoms in total. The van der Waals surface area contributed by atoms with Crippen LogP contribution in [0.15, 0.2) is 36.4 Å². The molecule has 4 atom stereocenters. The smallest absolute Gasteiger partial charge is 0.166 e. The predicted molar refractivity (Wildman–Crippen MR) is 104 cm³/mol. The Hall–Kier alpha value is -1.37. The molecule has 3 aliphatic rings. The number of carbonyl (C=O) groups excluding carboxylic acids is 1. The second kappa shape index (κ2) is 6.41. The van der Waals surface area contributed by atoms with Crippen LogP contribution < -0.4 is 0 Å². The molecule has 0 saturated heterocycles. The summed E-state index contributed by atoms with van der Waals surface area (Å²) in [5.74, 6) is 1.26. The largest absolute Gasteiger partial charge is 0.294 e. The quantitative estimate of drug-likeness (QED) is 0.544. The van der Waals surface area contributed by atoms with Crippen LogP contribution in [0.4, 0.5) is 0 Å². The van der Waals surface area contributed by atoms with Crippen LogP contribution in [-0.4, -0.2) is 5.78 Å². The molecule has 0 radical (unpaired) electrons. The lowest BCUT2D eigenvalue weighted by Gasteiger charge is -2.46. The Morgan fingerprint density at radius 1 is 0.960 bits per heavy atom. The molecule has 1 saturated carbocycles. The van der Waals surface area contributed by atoms with Gasteiger partial charge < -0.3 is 0 Å². The first-order chi connectivity index (χ1) is 12.0. The maximum atomic E-state index is 13.1. The first kappa shape index (κ1) is 17.1. The first-order valence-electron chi connectivity index (χ1n) is 10.3. The fraction of sp³-hybridized carbons (Fsp3) is 0.625.